The van der Waals surface area contributed by atoms with Gasteiger partial charge in [-0.25, -0.2) is 9.37 Å². The predicted octanol–water partition coefficient (Wildman–Crippen LogP) is 5.57. The molecule has 2 aromatic heterocycles. The predicted molar refractivity (Wildman–Crippen MR) is 134 cm³/mol. The molecule has 0 fully saturated rings. The third-order valence-corrected chi connectivity index (χ3v) is 5.65. The summed E-state index contributed by atoms with van der Waals surface area (Å²) in [5.41, 5.74) is 6.84. The van der Waals surface area contributed by atoms with Crippen LogP contribution in [0.4, 0.5) is 25.6 Å². The van der Waals surface area contributed by atoms with Crippen molar-refractivity contribution in [3.8, 4) is 22.8 Å². The van der Waals surface area contributed by atoms with E-state index in [1.807, 2.05) is 6.92 Å². The maximum Gasteiger partial charge on any atom is 0.254 e. The average molecular weight is 516 g/mol. The first-order valence-electron chi connectivity index (χ1n) is 10.2. The van der Waals surface area contributed by atoms with Gasteiger partial charge in [-0.2, -0.15) is 9.19 Å². The summed E-state index contributed by atoms with van der Waals surface area (Å²) < 4.78 is 37.2. The van der Waals surface area contributed by atoms with Crippen LogP contribution in [0.3, 0.4) is 0 Å². The summed E-state index contributed by atoms with van der Waals surface area (Å²) in [7, 11) is 0. The summed E-state index contributed by atoms with van der Waals surface area (Å²) in [6, 6.07) is 10.6. The quantitative estimate of drug-likeness (QED) is 0.233. The summed E-state index contributed by atoms with van der Waals surface area (Å²) in [6.45, 7) is 1.98. The van der Waals surface area contributed by atoms with Crippen LogP contribution in [-0.4, -0.2) is 30.8 Å². The van der Waals surface area contributed by atoms with E-state index >= 15 is 0 Å². The number of anilines is 3. The Labute approximate surface area is 208 Å². The van der Waals surface area contributed by atoms with E-state index in [1.165, 1.54) is 54.8 Å². The van der Waals surface area contributed by atoms with Crippen molar-refractivity contribution >= 4 is 47.5 Å². The van der Waals surface area contributed by atoms with Gasteiger partial charge in [0, 0.05) is 23.7 Å². The number of nitrogens with zero attached hydrogens (tertiary/aromatic N) is 4. The molecular weight excluding hydrogens is 496 g/mol. The van der Waals surface area contributed by atoms with Crippen LogP contribution >= 0.6 is 24.3 Å². The van der Waals surface area contributed by atoms with Crippen LogP contribution in [-0.2, 0) is 0 Å². The number of nitrogens with one attached hydrogen (secondary N) is 2. The normalized spacial score (nSPS) is 10.7. The molecule has 0 atom stereocenters. The van der Waals surface area contributed by atoms with Crippen molar-refractivity contribution < 1.29 is 17.8 Å². The van der Waals surface area contributed by atoms with Gasteiger partial charge < -0.3 is 20.5 Å². The first-order valence-corrected chi connectivity index (χ1v) is 11.9. The third-order valence-electron chi connectivity index (χ3n) is 4.60. The molecule has 35 heavy (non-hydrogen) atoms. The Morgan fingerprint density at radius 2 is 2.00 bits per heavy atom. The van der Waals surface area contributed by atoms with Crippen LogP contribution in [0.15, 0.2) is 61.1 Å². The molecule has 0 unspecified atom stereocenters. The molecule has 0 aliphatic carbocycles. The highest BCUT2D eigenvalue weighted by Gasteiger charge is 2.25. The van der Waals surface area contributed by atoms with Crippen LogP contribution in [0.2, 0.25) is 0 Å². The molecule has 0 radical (unpaired) electrons. The monoisotopic (exact) mass is 515 g/mol. The molecule has 0 spiro atoms. The lowest BCUT2D eigenvalue weighted by atomic mass is 10.1. The van der Waals surface area contributed by atoms with E-state index < -0.39 is 11.7 Å². The molecule has 180 valence electrons. The number of carbonyl (C=O) groups is 1. The number of rotatable bonds is 10. The second kappa shape index (κ2) is 11.1. The molecule has 4 N–H and O–H groups in total. The van der Waals surface area contributed by atoms with E-state index in [-0.39, 0.29) is 35.2 Å². The van der Waals surface area contributed by atoms with Crippen LogP contribution in [0.5, 0.6) is 11.5 Å². The third kappa shape index (κ3) is 5.63. The SMILES string of the molecule is CCSNc1ccc(-c2nn(SF)c(Nc3cnccn3)c2C(N)=O)cc1Oc1ccc(F)cc1. The molecule has 0 aliphatic heterocycles. The number of aromatic nitrogens is 4. The molecular formula is C22H19F2N7O2S2. The van der Waals surface area contributed by atoms with Crippen molar-refractivity contribution in [1.29, 1.82) is 0 Å². The summed E-state index contributed by atoms with van der Waals surface area (Å²) in [5, 5.41) is 7.08. The second-order valence-electron chi connectivity index (χ2n) is 6.90. The fourth-order valence-electron chi connectivity index (χ4n) is 3.10. The van der Waals surface area contributed by atoms with Crippen molar-refractivity contribution in [1.82, 2.24) is 19.2 Å². The molecule has 0 saturated carbocycles. The first-order chi connectivity index (χ1) is 17.0. The van der Waals surface area contributed by atoms with E-state index in [2.05, 4.69) is 25.1 Å². The van der Waals surface area contributed by atoms with Crippen LogP contribution in [0, 0.1) is 5.82 Å². The zero-order valence-electron chi connectivity index (χ0n) is 18.2. The molecule has 1 amide bonds. The van der Waals surface area contributed by atoms with Gasteiger partial charge >= 0.3 is 0 Å². The minimum absolute atomic E-state index is 0.00485. The number of ether oxygens (including phenoxy) is 1. The van der Waals surface area contributed by atoms with Gasteiger partial charge in [-0.3, -0.25) is 9.78 Å². The lowest BCUT2D eigenvalue weighted by molar-refractivity contribution is 0.100. The van der Waals surface area contributed by atoms with Gasteiger partial charge in [0.15, 0.2) is 23.9 Å². The summed E-state index contributed by atoms with van der Waals surface area (Å²) in [4.78, 5) is 20.5. The maximum absolute atomic E-state index is 13.8. The highest BCUT2D eigenvalue weighted by atomic mass is 32.2. The number of halogens is 2. The Morgan fingerprint density at radius 1 is 1.20 bits per heavy atom. The van der Waals surface area contributed by atoms with Crippen LogP contribution in [0.25, 0.3) is 11.3 Å². The number of amides is 1. The number of benzene rings is 2. The van der Waals surface area contributed by atoms with Crippen molar-refractivity contribution in [2.45, 2.75) is 6.92 Å². The summed E-state index contributed by atoms with van der Waals surface area (Å²) in [5.74, 6) is 0.637. The first kappa shape index (κ1) is 24.3. The summed E-state index contributed by atoms with van der Waals surface area (Å²) >= 11 is 1.24. The van der Waals surface area contributed by atoms with Crippen LogP contribution < -0.4 is 20.5 Å². The molecule has 4 aromatic rings. The lowest BCUT2D eigenvalue weighted by Crippen LogP contribution is -2.14. The molecule has 0 aliphatic rings. The largest absolute Gasteiger partial charge is 0.455 e. The Morgan fingerprint density at radius 3 is 2.66 bits per heavy atom. The zero-order chi connectivity index (χ0) is 24.8. The van der Waals surface area contributed by atoms with E-state index in [0.29, 0.717) is 22.7 Å². The molecule has 4 rings (SSSR count). The van der Waals surface area contributed by atoms with E-state index in [1.54, 1.807) is 18.2 Å². The van der Waals surface area contributed by atoms with Gasteiger partial charge in [-0.1, -0.05) is 24.9 Å². The number of hydrogen-bond acceptors (Lipinski definition) is 9. The van der Waals surface area contributed by atoms with Gasteiger partial charge in [0.2, 0.25) is 0 Å². The minimum atomic E-state index is -0.823. The van der Waals surface area contributed by atoms with Gasteiger partial charge in [0.25, 0.3) is 5.91 Å². The van der Waals surface area contributed by atoms with Gasteiger partial charge in [0.1, 0.15) is 28.6 Å². The van der Waals surface area contributed by atoms with E-state index in [9.17, 15) is 13.1 Å². The Bertz CT molecular complexity index is 1320. The summed E-state index contributed by atoms with van der Waals surface area (Å²) in [6.07, 6.45) is 4.32. The minimum Gasteiger partial charge on any atom is -0.455 e. The fraction of sp³-hybridized carbons (Fsp3) is 0.0909. The van der Waals surface area contributed by atoms with Gasteiger partial charge in [0.05, 0.1) is 11.9 Å². The molecule has 0 bridgehead atoms. The standard InChI is InChI=1S/C22H19F2N7O2S2/c1-2-34-30-16-8-3-13(11-17(16)33-15-6-4-14(23)5-7-15)20-19(21(25)32)22(31(29-20)35-24)28-18-12-26-9-10-27-18/h3-12,30H,2H2,1H3,(H2,25,32)(H,27,28). The second-order valence-corrected chi connectivity index (χ2v) is 8.45. The molecule has 9 nitrogen and oxygen atoms in total. The van der Waals surface area contributed by atoms with Gasteiger partial charge in [-0.15, -0.1) is 3.89 Å². The number of primary amides is 1. The highest BCUT2D eigenvalue weighted by molar-refractivity contribution is 8.00. The maximum atomic E-state index is 13.8. The molecule has 0 saturated heterocycles. The molecule has 13 heteroatoms. The Hall–Kier alpha value is -3.84. The zero-order valence-corrected chi connectivity index (χ0v) is 19.9. The molecule has 2 aromatic carbocycles. The Balaban J connectivity index is 1.79. The van der Waals surface area contributed by atoms with Crippen molar-refractivity contribution in [3.63, 3.8) is 0 Å². The fourth-order valence-corrected chi connectivity index (χ4v) is 3.88. The van der Waals surface area contributed by atoms with Crippen molar-refractivity contribution in [2.24, 2.45) is 5.73 Å². The van der Waals surface area contributed by atoms with Gasteiger partial charge in [-0.05, 0) is 36.4 Å². The average Bonchev–Trinajstić information content (AvgIpc) is 3.23. The smallest absolute Gasteiger partial charge is 0.254 e. The number of nitrogens with two attached hydrogens (primary N) is 1. The molecule has 2 heterocycles. The number of hydrogen-bond donors (Lipinski definition) is 3. The number of carbonyl (C=O) groups excluding carboxylic acids is 1. The highest BCUT2D eigenvalue weighted by Crippen LogP contribution is 2.38. The lowest BCUT2D eigenvalue weighted by Gasteiger charge is -2.14. The van der Waals surface area contributed by atoms with Crippen molar-refractivity contribution in [2.75, 3.05) is 15.8 Å². The Kier molecular flexibility index (Phi) is 7.67. The van der Waals surface area contributed by atoms with E-state index in [0.717, 1.165) is 9.84 Å². The van der Waals surface area contributed by atoms with Crippen LogP contribution in [0.1, 0.15) is 17.3 Å². The van der Waals surface area contributed by atoms with Crippen molar-refractivity contribution in [3.05, 3.63) is 72.4 Å². The topological polar surface area (TPSA) is 120 Å². The van der Waals surface area contributed by atoms with E-state index in [4.69, 9.17) is 10.5 Å².